The SMILES string of the molecule is CCOC(=O)N/N=C/c1cccc(O)c1O. The van der Waals surface area contributed by atoms with Gasteiger partial charge in [0.25, 0.3) is 0 Å². The average molecular weight is 224 g/mol. The number of hydrogen-bond donors (Lipinski definition) is 3. The third-order valence-electron chi connectivity index (χ3n) is 1.68. The van der Waals surface area contributed by atoms with Crippen LogP contribution in [0.15, 0.2) is 23.3 Å². The number of para-hydroxylation sites is 1. The minimum Gasteiger partial charge on any atom is -0.504 e. The van der Waals surface area contributed by atoms with E-state index in [9.17, 15) is 9.90 Å². The number of benzene rings is 1. The zero-order valence-electron chi connectivity index (χ0n) is 8.67. The molecule has 0 atom stereocenters. The Kier molecular flexibility index (Phi) is 4.14. The van der Waals surface area contributed by atoms with Crippen molar-refractivity contribution in [2.45, 2.75) is 6.92 Å². The van der Waals surface area contributed by atoms with Crippen molar-refractivity contribution in [1.29, 1.82) is 0 Å². The van der Waals surface area contributed by atoms with Gasteiger partial charge in [-0.3, -0.25) is 0 Å². The van der Waals surface area contributed by atoms with E-state index in [0.717, 1.165) is 0 Å². The Bertz CT molecular complexity index is 404. The monoisotopic (exact) mass is 224 g/mol. The van der Waals surface area contributed by atoms with Crippen molar-refractivity contribution in [3.8, 4) is 11.5 Å². The molecule has 86 valence electrons. The summed E-state index contributed by atoms with van der Waals surface area (Å²) in [7, 11) is 0. The van der Waals surface area contributed by atoms with Gasteiger partial charge in [-0.15, -0.1) is 0 Å². The Labute approximate surface area is 92.2 Å². The molecule has 1 amide bonds. The number of carbonyl (C=O) groups excluding carboxylic acids is 1. The summed E-state index contributed by atoms with van der Waals surface area (Å²) < 4.78 is 4.56. The van der Waals surface area contributed by atoms with Gasteiger partial charge in [0.05, 0.1) is 12.8 Å². The highest BCUT2D eigenvalue weighted by molar-refractivity contribution is 5.85. The first-order chi connectivity index (χ1) is 7.65. The number of phenolic OH excluding ortho intramolecular Hbond substituents is 2. The Hall–Kier alpha value is -2.24. The number of phenols is 2. The van der Waals surface area contributed by atoms with Crippen LogP contribution in [0, 0.1) is 0 Å². The second-order valence-corrected chi connectivity index (χ2v) is 2.81. The molecule has 6 heteroatoms. The van der Waals surface area contributed by atoms with E-state index in [4.69, 9.17) is 5.11 Å². The molecule has 0 fully saturated rings. The molecule has 0 aliphatic rings. The van der Waals surface area contributed by atoms with Crippen LogP contribution in [-0.2, 0) is 4.74 Å². The van der Waals surface area contributed by atoms with Crippen molar-refractivity contribution < 1.29 is 19.7 Å². The molecule has 0 radical (unpaired) electrons. The summed E-state index contributed by atoms with van der Waals surface area (Å²) in [6, 6.07) is 4.41. The van der Waals surface area contributed by atoms with E-state index in [1.54, 1.807) is 13.0 Å². The van der Waals surface area contributed by atoms with Gasteiger partial charge in [0.1, 0.15) is 0 Å². The van der Waals surface area contributed by atoms with E-state index in [-0.39, 0.29) is 23.7 Å². The van der Waals surface area contributed by atoms with Crippen molar-refractivity contribution in [3.05, 3.63) is 23.8 Å². The van der Waals surface area contributed by atoms with Crippen molar-refractivity contribution in [2.75, 3.05) is 6.61 Å². The lowest BCUT2D eigenvalue weighted by molar-refractivity contribution is 0.152. The Morgan fingerprint density at radius 3 is 3.00 bits per heavy atom. The fourth-order valence-corrected chi connectivity index (χ4v) is 0.971. The normalized spacial score (nSPS) is 10.3. The zero-order chi connectivity index (χ0) is 12.0. The molecule has 0 aromatic heterocycles. The van der Waals surface area contributed by atoms with Gasteiger partial charge in [0.15, 0.2) is 11.5 Å². The molecule has 0 aliphatic heterocycles. The predicted molar refractivity (Wildman–Crippen MR) is 57.5 cm³/mol. The Morgan fingerprint density at radius 2 is 2.31 bits per heavy atom. The van der Waals surface area contributed by atoms with Crippen LogP contribution in [0.25, 0.3) is 0 Å². The maximum Gasteiger partial charge on any atom is 0.427 e. The van der Waals surface area contributed by atoms with Gasteiger partial charge >= 0.3 is 6.09 Å². The standard InChI is InChI=1S/C10H12N2O4/c1-2-16-10(15)12-11-6-7-4-3-5-8(13)9(7)14/h3-6,13-14H,2H2,1H3,(H,12,15)/b11-6+. The molecule has 0 unspecified atom stereocenters. The van der Waals surface area contributed by atoms with Gasteiger partial charge in [0, 0.05) is 5.56 Å². The third kappa shape index (κ3) is 3.16. The van der Waals surface area contributed by atoms with Crippen LogP contribution in [0.4, 0.5) is 4.79 Å². The average Bonchev–Trinajstić information content (AvgIpc) is 2.25. The first-order valence-corrected chi connectivity index (χ1v) is 4.62. The smallest absolute Gasteiger partial charge is 0.427 e. The Balaban J connectivity index is 2.63. The van der Waals surface area contributed by atoms with Crippen molar-refractivity contribution >= 4 is 12.3 Å². The number of hydrazone groups is 1. The second-order valence-electron chi connectivity index (χ2n) is 2.81. The summed E-state index contributed by atoms with van der Waals surface area (Å²) in [5, 5.41) is 22.1. The van der Waals surface area contributed by atoms with Crippen LogP contribution in [0.3, 0.4) is 0 Å². The molecule has 0 bridgehead atoms. The second kappa shape index (κ2) is 5.59. The van der Waals surface area contributed by atoms with E-state index in [0.29, 0.717) is 0 Å². The lowest BCUT2D eigenvalue weighted by atomic mass is 10.2. The summed E-state index contributed by atoms with van der Waals surface area (Å²) in [6.07, 6.45) is 0.518. The maximum atomic E-state index is 10.8. The van der Waals surface area contributed by atoms with E-state index in [1.165, 1.54) is 18.3 Å². The van der Waals surface area contributed by atoms with Crippen LogP contribution < -0.4 is 5.43 Å². The van der Waals surface area contributed by atoms with Gasteiger partial charge in [-0.05, 0) is 19.1 Å². The van der Waals surface area contributed by atoms with Crippen molar-refractivity contribution in [3.63, 3.8) is 0 Å². The lowest BCUT2D eigenvalue weighted by Gasteiger charge is -2.01. The highest BCUT2D eigenvalue weighted by Crippen LogP contribution is 2.26. The fraction of sp³-hybridized carbons (Fsp3) is 0.200. The molecule has 0 saturated heterocycles. The summed E-state index contributed by atoms with van der Waals surface area (Å²) in [4.78, 5) is 10.8. The molecule has 16 heavy (non-hydrogen) atoms. The number of amides is 1. The van der Waals surface area contributed by atoms with Crippen LogP contribution in [-0.4, -0.2) is 29.1 Å². The van der Waals surface area contributed by atoms with Crippen molar-refractivity contribution in [2.24, 2.45) is 5.10 Å². The fourth-order valence-electron chi connectivity index (χ4n) is 0.971. The molecule has 0 saturated carbocycles. The first-order valence-electron chi connectivity index (χ1n) is 4.62. The van der Waals surface area contributed by atoms with Gasteiger partial charge in [-0.1, -0.05) is 6.07 Å². The van der Waals surface area contributed by atoms with E-state index >= 15 is 0 Å². The molecule has 1 rings (SSSR count). The number of rotatable bonds is 3. The van der Waals surface area contributed by atoms with E-state index < -0.39 is 6.09 Å². The van der Waals surface area contributed by atoms with Gasteiger partial charge in [0.2, 0.25) is 0 Å². The number of nitrogens with zero attached hydrogens (tertiary/aromatic N) is 1. The van der Waals surface area contributed by atoms with Crippen LogP contribution in [0.2, 0.25) is 0 Å². The number of ether oxygens (including phenoxy) is 1. The van der Waals surface area contributed by atoms with Gasteiger partial charge < -0.3 is 14.9 Å². The van der Waals surface area contributed by atoms with Crippen molar-refractivity contribution in [1.82, 2.24) is 5.43 Å². The number of hydrogen-bond acceptors (Lipinski definition) is 5. The summed E-state index contributed by atoms with van der Waals surface area (Å²) in [5.74, 6) is -0.544. The van der Waals surface area contributed by atoms with E-state index in [2.05, 4.69) is 15.3 Å². The zero-order valence-corrected chi connectivity index (χ0v) is 8.67. The molecular weight excluding hydrogens is 212 g/mol. The summed E-state index contributed by atoms with van der Waals surface area (Å²) in [6.45, 7) is 1.92. The van der Waals surface area contributed by atoms with Crippen LogP contribution in [0.1, 0.15) is 12.5 Å². The minimum atomic E-state index is -0.682. The van der Waals surface area contributed by atoms with E-state index in [1.807, 2.05) is 0 Å². The molecule has 1 aromatic carbocycles. The van der Waals surface area contributed by atoms with Crippen LogP contribution in [0.5, 0.6) is 11.5 Å². The maximum absolute atomic E-state index is 10.8. The quantitative estimate of drug-likeness (QED) is 0.408. The Morgan fingerprint density at radius 1 is 1.56 bits per heavy atom. The van der Waals surface area contributed by atoms with Crippen LogP contribution >= 0.6 is 0 Å². The lowest BCUT2D eigenvalue weighted by Crippen LogP contribution is -2.18. The first kappa shape index (κ1) is 11.8. The topological polar surface area (TPSA) is 91.2 Å². The molecular formula is C10H12N2O4. The molecule has 0 heterocycles. The number of carbonyl (C=O) groups is 1. The number of nitrogens with one attached hydrogen (secondary N) is 1. The summed E-state index contributed by atoms with van der Waals surface area (Å²) in [5.41, 5.74) is 2.38. The van der Waals surface area contributed by atoms with Gasteiger partial charge in [-0.2, -0.15) is 5.10 Å². The largest absolute Gasteiger partial charge is 0.504 e. The molecule has 1 aromatic rings. The molecule has 3 N–H and O–H groups in total. The molecule has 0 aliphatic carbocycles. The molecule has 0 spiro atoms. The molecule has 6 nitrogen and oxygen atoms in total. The van der Waals surface area contributed by atoms with Gasteiger partial charge in [-0.25, -0.2) is 10.2 Å². The minimum absolute atomic E-state index is 0.249. The highest BCUT2D eigenvalue weighted by atomic mass is 16.5. The third-order valence-corrected chi connectivity index (χ3v) is 1.68. The predicted octanol–water partition coefficient (Wildman–Crippen LogP) is 1.18. The highest BCUT2D eigenvalue weighted by Gasteiger charge is 2.03. The number of aromatic hydroxyl groups is 2. The summed E-state index contributed by atoms with van der Waals surface area (Å²) >= 11 is 0.